The van der Waals surface area contributed by atoms with Crippen LogP contribution in [0, 0.1) is 0 Å². The highest BCUT2D eigenvalue weighted by molar-refractivity contribution is 5.15. The number of hydrogen-bond donors (Lipinski definition) is 2. The predicted octanol–water partition coefficient (Wildman–Crippen LogP) is 4.12. The number of hydrogen-bond acceptors (Lipinski definition) is 2. The minimum Gasteiger partial charge on any atom is -0.310 e. The van der Waals surface area contributed by atoms with Crippen LogP contribution in [0.2, 0.25) is 0 Å². The molecule has 1 unspecified atom stereocenters. The van der Waals surface area contributed by atoms with Crippen molar-refractivity contribution in [3.05, 3.63) is 71.8 Å². The van der Waals surface area contributed by atoms with E-state index in [0.29, 0.717) is 6.04 Å². The zero-order valence-electron chi connectivity index (χ0n) is 14.0. The summed E-state index contributed by atoms with van der Waals surface area (Å²) in [6.07, 6.45) is 1.09. The van der Waals surface area contributed by atoms with Crippen molar-refractivity contribution in [3.8, 4) is 0 Å². The summed E-state index contributed by atoms with van der Waals surface area (Å²) >= 11 is 0. The minimum atomic E-state index is 0.110. The number of benzene rings is 2. The maximum Gasteiger partial charge on any atom is 0.0210 e. The van der Waals surface area contributed by atoms with Crippen LogP contribution in [0.4, 0.5) is 0 Å². The summed E-state index contributed by atoms with van der Waals surface area (Å²) in [5, 5.41) is 7.28. The highest BCUT2D eigenvalue weighted by Gasteiger charge is 2.20. The Morgan fingerprint density at radius 1 is 0.818 bits per heavy atom. The van der Waals surface area contributed by atoms with Crippen LogP contribution in [0.15, 0.2) is 60.7 Å². The molecule has 2 nitrogen and oxygen atoms in total. The van der Waals surface area contributed by atoms with Crippen LogP contribution in [-0.2, 0) is 13.1 Å². The molecule has 0 aliphatic carbocycles. The van der Waals surface area contributed by atoms with Gasteiger partial charge >= 0.3 is 0 Å². The molecular formula is C20H28N2. The van der Waals surface area contributed by atoms with Crippen molar-refractivity contribution in [1.82, 2.24) is 10.6 Å². The van der Waals surface area contributed by atoms with Crippen LogP contribution in [0.25, 0.3) is 0 Å². The third-order valence-electron chi connectivity index (χ3n) is 3.93. The van der Waals surface area contributed by atoms with E-state index in [9.17, 15) is 0 Å². The largest absolute Gasteiger partial charge is 0.310 e. The second-order valence-corrected chi connectivity index (χ2v) is 6.69. The Bertz CT molecular complexity index is 534. The van der Waals surface area contributed by atoms with E-state index in [-0.39, 0.29) is 5.54 Å². The molecule has 2 heteroatoms. The van der Waals surface area contributed by atoms with Crippen molar-refractivity contribution >= 4 is 0 Å². The maximum atomic E-state index is 3.66. The number of rotatable bonds is 8. The summed E-state index contributed by atoms with van der Waals surface area (Å²) in [5.74, 6) is 0. The molecule has 0 saturated carbocycles. The van der Waals surface area contributed by atoms with Crippen molar-refractivity contribution in [1.29, 1.82) is 0 Å². The Balaban J connectivity index is 1.75. The van der Waals surface area contributed by atoms with Gasteiger partial charge < -0.3 is 10.6 Å². The van der Waals surface area contributed by atoms with Gasteiger partial charge in [0, 0.05) is 24.7 Å². The van der Waals surface area contributed by atoms with Crippen LogP contribution < -0.4 is 10.6 Å². The van der Waals surface area contributed by atoms with E-state index in [0.717, 1.165) is 19.5 Å². The van der Waals surface area contributed by atoms with Gasteiger partial charge in [-0.25, -0.2) is 0 Å². The second kappa shape index (κ2) is 8.11. The van der Waals surface area contributed by atoms with Gasteiger partial charge in [-0.1, -0.05) is 60.7 Å². The Hall–Kier alpha value is -1.64. The van der Waals surface area contributed by atoms with E-state index in [1.54, 1.807) is 0 Å². The first-order valence-electron chi connectivity index (χ1n) is 8.11. The summed E-state index contributed by atoms with van der Waals surface area (Å²) < 4.78 is 0. The van der Waals surface area contributed by atoms with Crippen LogP contribution >= 0.6 is 0 Å². The van der Waals surface area contributed by atoms with Gasteiger partial charge in [-0.3, -0.25) is 0 Å². The first-order chi connectivity index (χ1) is 10.6. The summed E-state index contributed by atoms with van der Waals surface area (Å²) in [4.78, 5) is 0. The normalized spacial score (nSPS) is 13.0. The maximum absolute atomic E-state index is 3.66. The summed E-state index contributed by atoms with van der Waals surface area (Å²) in [6, 6.07) is 21.6. The molecule has 1 atom stereocenters. The molecule has 2 N–H and O–H groups in total. The predicted molar refractivity (Wildman–Crippen MR) is 94.7 cm³/mol. The van der Waals surface area contributed by atoms with Crippen molar-refractivity contribution < 1.29 is 0 Å². The fourth-order valence-electron chi connectivity index (χ4n) is 2.73. The van der Waals surface area contributed by atoms with Crippen molar-refractivity contribution in [2.45, 2.75) is 51.9 Å². The van der Waals surface area contributed by atoms with E-state index < -0.39 is 0 Å². The third kappa shape index (κ3) is 6.00. The highest BCUT2D eigenvalue weighted by Crippen LogP contribution is 2.13. The van der Waals surface area contributed by atoms with Gasteiger partial charge in [-0.05, 0) is 38.3 Å². The molecule has 0 spiro atoms. The molecule has 0 amide bonds. The standard InChI is InChI=1S/C20H28N2/c1-17(21-15-18-10-6-4-7-11-18)14-20(2,3)22-16-19-12-8-5-9-13-19/h4-13,17,21-22H,14-16H2,1-3H3. The van der Waals surface area contributed by atoms with E-state index in [4.69, 9.17) is 0 Å². The zero-order valence-corrected chi connectivity index (χ0v) is 14.0. The molecular weight excluding hydrogens is 268 g/mol. The first-order valence-corrected chi connectivity index (χ1v) is 8.11. The molecule has 0 aromatic heterocycles. The molecule has 22 heavy (non-hydrogen) atoms. The zero-order chi connectivity index (χ0) is 15.8. The van der Waals surface area contributed by atoms with Gasteiger partial charge in [0.1, 0.15) is 0 Å². The second-order valence-electron chi connectivity index (χ2n) is 6.69. The SMILES string of the molecule is CC(CC(C)(C)NCc1ccccc1)NCc1ccccc1. The van der Waals surface area contributed by atoms with Crippen LogP contribution in [0.1, 0.15) is 38.3 Å². The Morgan fingerprint density at radius 2 is 1.32 bits per heavy atom. The molecule has 0 bridgehead atoms. The molecule has 0 heterocycles. The van der Waals surface area contributed by atoms with E-state index in [1.807, 2.05) is 0 Å². The molecule has 118 valence electrons. The topological polar surface area (TPSA) is 24.1 Å². The molecule has 0 aliphatic rings. The quantitative estimate of drug-likeness (QED) is 0.765. The van der Waals surface area contributed by atoms with E-state index >= 15 is 0 Å². The lowest BCUT2D eigenvalue weighted by atomic mass is 9.95. The van der Waals surface area contributed by atoms with Gasteiger partial charge in [0.05, 0.1) is 0 Å². The lowest BCUT2D eigenvalue weighted by molar-refractivity contribution is 0.315. The molecule has 2 rings (SSSR count). The van der Waals surface area contributed by atoms with Crippen LogP contribution in [0.3, 0.4) is 0 Å². The van der Waals surface area contributed by atoms with Gasteiger partial charge in [0.25, 0.3) is 0 Å². The average Bonchev–Trinajstić information content (AvgIpc) is 2.53. The van der Waals surface area contributed by atoms with Crippen LogP contribution in [0.5, 0.6) is 0 Å². The van der Waals surface area contributed by atoms with Crippen LogP contribution in [-0.4, -0.2) is 11.6 Å². The molecule has 2 aromatic carbocycles. The van der Waals surface area contributed by atoms with Crippen molar-refractivity contribution in [2.75, 3.05) is 0 Å². The van der Waals surface area contributed by atoms with Crippen molar-refractivity contribution in [3.63, 3.8) is 0 Å². The lowest BCUT2D eigenvalue weighted by Gasteiger charge is -2.30. The summed E-state index contributed by atoms with van der Waals surface area (Å²) in [6.45, 7) is 8.65. The van der Waals surface area contributed by atoms with Gasteiger partial charge in [-0.2, -0.15) is 0 Å². The minimum absolute atomic E-state index is 0.110. The molecule has 2 aromatic rings. The summed E-state index contributed by atoms with van der Waals surface area (Å²) in [5.41, 5.74) is 2.78. The molecule has 0 fully saturated rings. The van der Waals surface area contributed by atoms with Gasteiger partial charge in [0.15, 0.2) is 0 Å². The summed E-state index contributed by atoms with van der Waals surface area (Å²) in [7, 11) is 0. The highest BCUT2D eigenvalue weighted by atomic mass is 15.0. The van der Waals surface area contributed by atoms with Gasteiger partial charge in [-0.15, -0.1) is 0 Å². The third-order valence-corrected chi connectivity index (χ3v) is 3.93. The Labute approximate surface area is 135 Å². The lowest BCUT2D eigenvalue weighted by Crippen LogP contribution is -2.44. The van der Waals surface area contributed by atoms with E-state index in [1.165, 1.54) is 11.1 Å². The fraction of sp³-hybridized carbons (Fsp3) is 0.400. The van der Waals surface area contributed by atoms with E-state index in [2.05, 4.69) is 92.1 Å². The number of nitrogens with one attached hydrogen (secondary N) is 2. The molecule has 0 aliphatic heterocycles. The molecule has 0 radical (unpaired) electrons. The fourth-order valence-corrected chi connectivity index (χ4v) is 2.73. The Morgan fingerprint density at radius 3 is 1.86 bits per heavy atom. The average molecular weight is 296 g/mol. The first kappa shape index (κ1) is 16.7. The molecule has 0 saturated heterocycles. The smallest absolute Gasteiger partial charge is 0.0210 e. The monoisotopic (exact) mass is 296 g/mol. The van der Waals surface area contributed by atoms with Crippen molar-refractivity contribution in [2.24, 2.45) is 0 Å². The van der Waals surface area contributed by atoms with Gasteiger partial charge in [0.2, 0.25) is 0 Å². The Kier molecular flexibility index (Phi) is 6.17.